The molecule has 0 heterocycles. The summed E-state index contributed by atoms with van der Waals surface area (Å²) in [6.07, 6.45) is -1.33. The van der Waals surface area contributed by atoms with E-state index in [-0.39, 0.29) is 11.4 Å². The van der Waals surface area contributed by atoms with Crippen molar-refractivity contribution in [2.75, 3.05) is 5.43 Å². The highest BCUT2D eigenvalue weighted by molar-refractivity contribution is 9.10. The Labute approximate surface area is 115 Å². The van der Waals surface area contributed by atoms with Crippen molar-refractivity contribution in [2.24, 2.45) is 0 Å². The number of benzene rings is 2. The number of hydrazine groups is 1. The average molecular weight is 326 g/mol. The van der Waals surface area contributed by atoms with E-state index in [1.165, 1.54) is 6.07 Å². The standard InChI is InChI=1S/C11H8BrN3O4/c12-7-2-3-8-6(5-7)1-4-9(10(8)15(18)19)13-14-11(16)17/h1-5,13-14H,(H,16,17). The van der Waals surface area contributed by atoms with Crippen LogP contribution in [0.1, 0.15) is 0 Å². The number of rotatable bonds is 3. The lowest BCUT2D eigenvalue weighted by Gasteiger charge is -2.08. The monoisotopic (exact) mass is 325 g/mol. The Kier molecular flexibility index (Phi) is 3.52. The maximum atomic E-state index is 11.1. The van der Waals surface area contributed by atoms with Crippen LogP contribution in [0.5, 0.6) is 0 Å². The molecular weight excluding hydrogens is 318 g/mol. The van der Waals surface area contributed by atoms with E-state index in [1.54, 1.807) is 24.3 Å². The SMILES string of the molecule is O=C(O)NNc1ccc2cc(Br)ccc2c1[N+](=O)[O-]. The van der Waals surface area contributed by atoms with Gasteiger partial charge in [-0.1, -0.05) is 22.0 Å². The van der Waals surface area contributed by atoms with Gasteiger partial charge in [0.05, 0.1) is 10.3 Å². The molecule has 2 aromatic carbocycles. The number of anilines is 1. The summed E-state index contributed by atoms with van der Waals surface area (Å²) < 4.78 is 0.804. The van der Waals surface area contributed by atoms with Crippen LogP contribution in [0.4, 0.5) is 16.2 Å². The molecular formula is C11H8BrN3O4. The lowest BCUT2D eigenvalue weighted by molar-refractivity contribution is -0.382. The number of carbonyl (C=O) groups is 1. The van der Waals surface area contributed by atoms with E-state index >= 15 is 0 Å². The summed E-state index contributed by atoms with van der Waals surface area (Å²) in [4.78, 5) is 21.0. The molecule has 8 heteroatoms. The largest absolute Gasteiger partial charge is 0.464 e. The number of halogens is 1. The Bertz CT molecular complexity index is 674. The van der Waals surface area contributed by atoms with Crippen molar-refractivity contribution < 1.29 is 14.8 Å². The van der Waals surface area contributed by atoms with Gasteiger partial charge < -0.3 is 5.11 Å². The molecule has 0 fully saturated rings. The Morgan fingerprint density at radius 1 is 1.32 bits per heavy atom. The number of hydrogen-bond donors (Lipinski definition) is 3. The van der Waals surface area contributed by atoms with Gasteiger partial charge in [0.25, 0.3) is 0 Å². The molecule has 2 aromatic rings. The van der Waals surface area contributed by atoms with Crippen LogP contribution in [0, 0.1) is 10.1 Å². The van der Waals surface area contributed by atoms with Gasteiger partial charge >= 0.3 is 11.8 Å². The van der Waals surface area contributed by atoms with Gasteiger partial charge in [0.2, 0.25) is 0 Å². The van der Waals surface area contributed by atoms with E-state index in [9.17, 15) is 14.9 Å². The summed E-state index contributed by atoms with van der Waals surface area (Å²) in [5, 5.41) is 20.8. The van der Waals surface area contributed by atoms with Crippen LogP contribution in [-0.2, 0) is 0 Å². The van der Waals surface area contributed by atoms with Crippen molar-refractivity contribution in [3.05, 3.63) is 44.9 Å². The second-order valence-corrected chi connectivity index (χ2v) is 4.56. The highest BCUT2D eigenvalue weighted by Gasteiger charge is 2.18. The van der Waals surface area contributed by atoms with Crippen LogP contribution in [0.15, 0.2) is 34.8 Å². The summed E-state index contributed by atoms with van der Waals surface area (Å²) in [5.74, 6) is 0. The Balaban J connectivity index is 2.58. The Morgan fingerprint density at radius 3 is 2.68 bits per heavy atom. The number of nitro benzene ring substituents is 1. The number of nitro groups is 1. The fraction of sp³-hybridized carbons (Fsp3) is 0. The maximum absolute atomic E-state index is 11.1. The fourth-order valence-electron chi connectivity index (χ4n) is 1.70. The number of hydrogen-bond acceptors (Lipinski definition) is 4. The molecule has 0 bridgehead atoms. The maximum Gasteiger partial charge on any atom is 0.423 e. The predicted molar refractivity (Wildman–Crippen MR) is 73.1 cm³/mol. The van der Waals surface area contributed by atoms with Crippen molar-refractivity contribution in [2.45, 2.75) is 0 Å². The molecule has 0 aliphatic carbocycles. The molecule has 98 valence electrons. The van der Waals surface area contributed by atoms with Gasteiger partial charge in [-0.15, -0.1) is 0 Å². The van der Waals surface area contributed by atoms with E-state index in [1.807, 2.05) is 5.43 Å². The quantitative estimate of drug-likeness (QED) is 0.594. The average Bonchev–Trinajstić information content (AvgIpc) is 2.34. The van der Waals surface area contributed by atoms with Crippen molar-refractivity contribution in [3.8, 4) is 0 Å². The Morgan fingerprint density at radius 2 is 2.05 bits per heavy atom. The smallest absolute Gasteiger partial charge is 0.423 e. The van der Waals surface area contributed by atoms with E-state index in [4.69, 9.17) is 5.11 Å². The van der Waals surface area contributed by atoms with E-state index in [0.717, 1.165) is 4.47 Å². The van der Waals surface area contributed by atoms with Gasteiger partial charge in [-0.2, -0.15) is 0 Å². The number of nitrogens with one attached hydrogen (secondary N) is 2. The molecule has 1 amide bonds. The molecule has 0 aliphatic heterocycles. The molecule has 7 nitrogen and oxygen atoms in total. The highest BCUT2D eigenvalue weighted by Crippen LogP contribution is 2.34. The zero-order chi connectivity index (χ0) is 14.0. The lowest BCUT2D eigenvalue weighted by atomic mass is 10.1. The molecule has 0 aliphatic rings. The van der Waals surface area contributed by atoms with Crippen LogP contribution < -0.4 is 10.9 Å². The minimum absolute atomic E-state index is 0.0854. The number of carboxylic acid groups (broad SMARTS) is 1. The normalized spacial score (nSPS) is 10.2. The van der Waals surface area contributed by atoms with Gasteiger partial charge in [-0.25, -0.2) is 10.2 Å². The van der Waals surface area contributed by atoms with Crippen LogP contribution >= 0.6 is 15.9 Å². The molecule has 0 radical (unpaired) electrons. The van der Waals surface area contributed by atoms with Crippen LogP contribution in [0.25, 0.3) is 10.8 Å². The van der Waals surface area contributed by atoms with Crippen molar-refractivity contribution in [3.63, 3.8) is 0 Å². The summed E-state index contributed by atoms with van der Waals surface area (Å²) in [6, 6.07) is 8.14. The van der Waals surface area contributed by atoms with Crippen molar-refractivity contribution in [1.82, 2.24) is 5.43 Å². The molecule has 0 aromatic heterocycles. The second-order valence-electron chi connectivity index (χ2n) is 3.64. The fourth-order valence-corrected chi connectivity index (χ4v) is 2.08. The van der Waals surface area contributed by atoms with Crippen LogP contribution in [-0.4, -0.2) is 16.1 Å². The van der Waals surface area contributed by atoms with Crippen LogP contribution in [0.2, 0.25) is 0 Å². The topological polar surface area (TPSA) is 104 Å². The van der Waals surface area contributed by atoms with Crippen molar-refractivity contribution in [1.29, 1.82) is 0 Å². The van der Waals surface area contributed by atoms with Crippen molar-refractivity contribution >= 4 is 44.2 Å². The molecule has 0 unspecified atom stereocenters. The minimum atomic E-state index is -1.33. The first kappa shape index (κ1) is 13.1. The van der Waals surface area contributed by atoms with Gasteiger partial charge in [0.15, 0.2) is 0 Å². The molecule has 2 rings (SSSR count). The molecule has 0 saturated carbocycles. The second kappa shape index (κ2) is 5.11. The number of amides is 1. The molecule has 19 heavy (non-hydrogen) atoms. The van der Waals surface area contributed by atoms with Crippen LogP contribution in [0.3, 0.4) is 0 Å². The summed E-state index contributed by atoms with van der Waals surface area (Å²) >= 11 is 3.29. The molecule has 3 N–H and O–H groups in total. The summed E-state index contributed by atoms with van der Waals surface area (Å²) in [7, 11) is 0. The van der Waals surface area contributed by atoms with Gasteiger partial charge in [0, 0.05) is 4.47 Å². The Hall–Kier alpha value is -2.35. The third kappa shape index (κ3) is 2.74. The number of nitrogens with zero attached hydrogens (tertiary/aromatic N) is 1. The first-order chi connectivity index (χ1) is 8.99. The minimum Gasteiger partial charge on any atom is -0.464 e. The van der Waals surface area contributed by atoms with Gasteiger partial charge in [-0.05, 0) is 29.7 Å². The van der Waals surface area contributed by atoms with Gasteiger partial charge in [-0.3, -0.25) is 15.5 Å². The summed E-state index contributed by atoms with van der Waals surface area (Å²) in [5.41, 5.74) is 4.09. The highest BCUT2D eigenvalue weighted by atomic mass is 79.9. The molecule has 0 saturated heterocycles. The number of fused-ring (bicyclic) bond motifs is 1. The van der Waals surface area contributed by atoms with E-state index in [0.29, 0.717) is 10.8 Å². The zero-order valence-corrected chi connectivity index (χ0v) is 11.0. The lowest BCUT2D eigenvalue weighted by Crippen LogP contribution is -2.27. The van der Waals surface area contributed by atoms with E-state index in [2.05, 4.69) is 21.4 Å². The van der Waals surface area contributed by atoms with Gasteiger partial charge in [0.1, 0.15) is 5.69 Å². The molecule has 0 atom stereocenters. The first-order valence-electron chi connectivity index (χ1n) is 5.10. The first-order valence-corrected chi connectivity index (χ1v) is 5.90. The predicted octanol–water partition coefficient (Wildman–Crippen LogP) is 3.11. The molecule has 0 spiro atoms. The summed E-state index contributed by atoms with van der Waals surface area (Å²) in [6.45, 7) is 0. The third-order valence-electron chi connectivity index (χ3n) is 2.44. The third-order valence-corrected chi connectivity index (χ3v) is 2.93. The zero-order valence-electron chi connectivity index (χ0n) is 9.38. The van der Waals surface area contributed by atoms with E-state index < -0.39 is 11.0 Å².